The molecule has 2 aromatic rings. The highest BCUT2D eigenvalue weighted by Gasteiger charge is 2.11. The summed E-state index contributed by atoms with van der Waals surface area (Å²) in [5, 5.41) is 0. The van der Waals surface area contributed by atoms with E-state index in [4.69, 9.17) is 4.74 Å². The zero-order chi connectivity index (χ0) is 13.1. The van der Waals surface area contributed by atoms with E-state index >= 15 is 0 Å². The number of benzene rings is 2. The average molecular weight is 248 g/mol. The minimum Gasteiger partial charge on any atom is -0.453 e. The van der Waals surface area contributed by atoms with Gasteiger partial charge in [-0.15, -0.1) is 0 Å². The molecule has 2 rings (SSSR count). The molecule has 0 aliphatic rings. The van der Waals surface area contributed by atoms with Gasteiger partial charge in [-0.1, -0.05) is 17.7 Å². The highest BCUT2D eigenvalue weighted by atomic mass is 19.2. The van der Waals surface area contributed by atoms with E-state index in [0.717, 1.165) is 11.6 Å². The minimum absolute atomic E-state index is 0.195. The van der Waals surface area contributed by atoms with Gasteiger partial charge in [0.05, 0.1) is 5.56 Å². The van der Waals surface area contributed by atoms with Crippen molar-refractivity contribution in [1.29, 1.82) is 0 Å². The quantitative estimate of drug-likeness (QED) is 0.770. The smallest absolute Gasteiger partial charge is 0.201 e. The summed E-state index contributed by atoms with van der Waals surface area (Å²) in [6, 6.07) is 8.51. The van der Waals surface area contributed by atoms with Crippen molar-refractivity contribution in [3.05, 3.63) is 59.2 Å². The first-order valence-electron chi connectivity index (χ1n) is 5.29. The van der Waals surface area contributed by atoms with E-state index in [1.54, 1.807) is 18.2 Å². The second kappa shape index (κ2) is 4.96. The van der Waals surface area contributed by atoms with Gasteiger partial charge in [0.1, 0.15) is 5.75 Å². The molecule has 2 nitrogen and oxygen atoms in total. The first kappa shape index (κ1) is 12.2. The van der Waals surface area contributed by atoms with Gasteiger partial charge in [-0.2, -0.15) is 4.39 Å². The molecule has 0 aliphatic heterocycles. The van der Waals surface area contributed by atoms with Crippen LogP contribution in [0.4, 0.5) is 8.78 Å². The van der Waals surface area contributed by atoms with Crippen molar-refractivity contribution in [3.63, 3.8) is 0 Å². The Hall–Kier alpha value is -2.23. The van der Waals surface area contributed by atoms with E-state index in [2.05, 4.69) is 0 Å². The van der Waals surface area contributed by atoms with Gasteiger partial charge < -0.3 is 4.74 Å². The van der Waals surface area contributed by atoms with Crippen molar-refractivity contribution in [2.24, 2.45) is 0 Å². The highest BCUT2D eigenvalue weighted by molar-refractivity contribution is 5.79. The molecule has 0 amide bonds. The van der Waals surface area contributed by atoms with E-state index < -0.39 is 11.6 Å². The van der Waals surface area contributed by atoms with Crippen molar-refractivity contribution in [2.45, 2.75) is 6.92 Å². The molecular formula is C14H10F2O2. The third-order valence-electron chi connectivity index (χ3n) is 2.43. The number of ether oxygens (including phenoxy) is 1. The number of aldehydes is 1. The Morgan fingerprint density at radius 2 is 1.89 bits per heavy atom. The predicted molar refractivity (Wildman–Crippen MR) is 63.0 cm³/mol. The van der Waals surface area contributed by atoms with Crippen LogP contribution in [0.1, 0.15) is 15.9 Å². The van der Waals surface area contributed by atoms with E-state index in [1.165, 1.54) is 12.1 Å². The minimum atomic E-state index is -1.07. The van der Waals surface area contributed by atoms with Gasteiger partial charge in [0.25, 0.3) is 0 Å². The number of halogens is 2. The number of rotatable bonds is 3. The molecule has 0 heterocycles. The van der Waals surface area contributed by atoms with Crippen LogP contribution in [0.25, 0.3) is 0 Å². The van der Waals surface area contributed by atoms with E-state index in [-0.39, 0.29) is 11.5 Å². The van der Waals surface area contributed by atoms with Crippen LogP contribution >= 0.6 is 0 Å². The maximum Gasteiger partial charge on any atom is 0.201 e. The van der Waals surface area contributed by atoms with Crippen molar-refractivity contribution < 1.29 is 18.3 Å². The number of hydrogen-bond donors (Lipinski definition) is 0. The zero-order valence-electron chi connectivity index (χ0n) is 9.61. The number of aryl methyl sites for hydroxylation is 1. The summed E-state index contributed by atoms with van der Waals surface area (Å²) in [5.74, 6) is -2.12. The fraction of sp³-hybridized carbons (Fsp3) is 0.0714. The Bertz CT molecular complexity index is 594. The van der Waals surface area contributed by atoms with Crippen LogP contribution in [-0.4, -0.2) is 6.29 Å². The summed E-state index contributed by atoms with van der Waals surface area (Å²) < 4.78 is 31.6. The summed E-state index contributed by atoms with van der Waals surface area (Å²) in [6.45, 7) is 1.82. The molecule has 0 radical (unpaired) electrons. The van der Waals surface area contributed by atoms with Crippen LogP contribution in [0.3, 0.4) is 0 Å². The summed E-state index contributed by atoms with van der Waals surface area (Å²) in [6.07, 6.45) is 0.611. The number of carbonyl (C=O) groups is 1. The lowest BCUT2D eigenvalue weighted by atomic mass is 10.1. The van der Waals surface area contributed by atoms with Crippen LogP contribution in [-0.2, 0) is 0 Å². The molecule has 0 fully saturated rings. The SMILES string of the molecule is Cc1ccc(Oc2cccc(F)c2F)c(C=O)c1. The summed E-state index contributed by atoms with van der Waals surface area (Å²) in [7, 11) is 0. The molecule has 0 saturated heterocycles. The normalized spacial score (nSPS) is 10.2. The molecule has 0 aromatic heterocycles. The summed E-state index contributed by atoms with van der Waals surface area (Å²) in [5.41, 5.74) is 1.17. The molecule has 4 heteroatoms. The van der Waals surface area contributed by atoms with Gasteiger partial charge in [-0.05, 0) is 31.2 Å². The lowest BCUT2D eigenvalue weighted by molar-refractivity contribution is 0.112. The Kier molecular flexibility index (Phi) is 3.37. The average Bonchev–Trinajstić information content (AvgIpc) is 2.37. The topological polar surface area (TPSA) is 26.3 Å². The molecule has 0 N–H and O–H groups in total. The first-order valence-corrected chi connectivity index (χ1v) is 5.29. The lowest BCUT2D eigenvalue weighted by Gasteiger charge is -2.09. The molecule has 0 saturated carbocycles. The maximum atomic E-state index is 13.4. The van der Waals surface area contributed by atoms with Crippen molar-refractivity contribution >= 4 is 6.29 Å². The monoisotopic (exact) mass is 248 g/mol. The standard InChI is InChI=1S/C14H10F2O2/c1-9-5-6-12(10(7-9)8-17)18-13-4-2-3-11(15)14(13)16/h2-8H,1H3. The highest BCUT2D eigenvalue weighted by Crippen LogP contribution is 2.28. The maximum absolute atomic E-state index is 13.4. The van der Waals surface area contributed by atoms with Crippen molar-refractivity contribution in [2.75, 3.05) is 0 Å². The second-order valence-corrected chi connectivity index (χ2v) is 3.81. The first-order chi connectivity index (χ1) is 8.61. The Balaban J connectivity index is 2.40. The molecule has 0 bridgehead atoms. The fourth-order valence-corrected chi connectivity index (χ4v) is 1.53. The number of carbonyl (C=O) groups excluding carboxylic acids is 1. The van der Waals surface area contributed by atoms with E-state index in [0.29, 0.717) is 11.8 Å². The van der Waals surface area contributed by atoms with Crippen molar-refractivity contribution in [1.82, 2.24) is 0 Å². The third kappa shape index (κ3) is 2.37. The van der Waals surface area contributed by atoms with Gasteiger partial charge in [0.2, 0.25) is 5.82 Å². The predicted octanol–water partition coefficient (Wildman–Crippen LogP) is 3.88. The third-order valence-corrected chi connectivity index (χ3v) is 2.43. The molecule has 0 atom stereocenters. The van der Waals surface area contributed by atoms with Gasteiger partial charge in [0.15, 0.2) is 17.9 Å². The summed E-state index contributed by atoms with van der Waals surface area (Å²) in [4.78, 5) is 10.9. The van der Waals surface area contributed by atoms with Crippen LogP contribution in [0.5, 0.6) is 11.5 Å². The largest absolute Gasteiger partial charge is 0.453 e. The van der Waals surface area contributed by atoms with E-state index in [9.17, 15) is 13.6 Å². The van der Waals surface area contributed by atoms with Crippen molar-refractivity contribution in [3.8, 4) is 11.5 Å². The van der Waals surface area contributed by atoms with Gasteiger partial charge in [0, 0.05) is 0 Å². The molecule has 2 aromatic carbocycles. The van der Waals surface area contributed by atoms with E-state index in [1.807, 2.05) is 6.92 Å². The molecule has 0 spiro atoms. The van der Waals surface area contributed by atoms with Crippen LogP contribution in [0.2, 0.25) is 0 Å². The Labute approximate surface area is 103 Å². The van der Waals surface area contributed by atoms with Crippen LogP contribution in [0.15, 0.2) is 36.4 Å². The van der Waals surface area contributed by atoms with Gasteiger partial charge in [-0.25, -0.2) is 4.39 Å². The Morgan fingerprint density at radius 3 is 2.61 bits per heavy atom. The second-order valence-electron chi connectivity index (χ2n) is 3.81. The van der Waals surface area contributed by atoms with Crippen LogP contribution in [0, 0.1) is 18.6 Å². The van der Waals surface area contributed by atoms with Gasteiger partial charge >= 0.3 is 0 Å². The molecule has 18 heavy (non-hydrogen) atoms. The Morgan fingerprint density at radius 1 is 1.11 bits per heavy atom. The van der Waals surface area contributed by atoms with Crippen LogP contribution < -0.4 is 4.74 Å². The molecule has 0 unspecified atom stereocenters. The molecular weight excluding hydrogens is 238 g/mol. The lowest BCUT2D eigenvalue weighted by Crippen LogP contribution is -1.95. The number of hydrogen-bond acceptors (Lipinski definition) is 2. The zero-order valence-corrected chi connectivity index (χ0v) is 9.61. The summed E-state index contributed by atoms with van der Waals surface area (Å²) >= 11 is 0. The fourth-order valence-electron chi connectivity index (χ4n) is 1.53. The molecule has 92 valence electrons. The molecule has 0 aliphatic carbocycles. The van der Waals surface area contributed by atoms with Gasteiger partial charge in [-0.3, -0.25) is 4.79 Å².